The van der Waals surface area contributed by atoms with Crippen LogP contribution < -0.4 is 63.7 Å². The molecule has 0 radical (unpaired) electrons. The van der Waals surface area contributed by atoms with Crippen LogP contribution >= 0.6 is 31.7 Å². The van der Waals surface area contributed by atoms with Crippen molar-refractivity contribution in [1.29, 1.82) is 0 Å². The molecule has 109 heavy (non-hydrogen) atoms. The Morgan fingerprint density at radius 1 is 0.330 bits per heavy atom. The number of morpholine rings is 1. The first-order valence-corrected chi connectivity index (χ1v) is 42.9. The average molecular weight is 1600 g/mol. The van der Waals surface area contributed by atoms with E-state index < -0.39 is 42.5 Å². The number of hydrogen-bond donors (Lipinski definition) is 0. The first kappa shape index (κ1) is 78.3. The molecule has 0 spiro atoms. The molecule has 13 heteroatoms. The van der Waals surface area contributed by atoms with Crippen LogP contribution in [0.15, 0.2) is 436 Å². The van der Waals surface area contributed by atoms with Gasteiger partial charge in [-0.15, -0.1) is 0 Å². The van der Waals surface area contributed by atoms with Crippen molar-refractivity contribution in [2.45, 2.75) is 4.90 Å². The molecule has 1 aliphatic heterocycles. The molecular formula is C96H82N4O3P4PdS. The van der Waals surface area contributed by atoms with E-state index in [0.29, 0.717) is 42.7 Å². The van der Waals surface area contributed by atoms with E-state index in [1.807, 2.05) is 42.5 Å². The maximum Gasteiger partial charge on any atom is 0.254 e. The van der Waals surface area contributed by atoms with Gasteiger partial charge >= 0.3 is 0 Å². The van der Waals surface area contributed by atoms with Crippen molar-refractivity contribution in [1.82, 2.24) is 19.4 Å². The van der Waals surface area contributed by atoms with Gasteiger partial charge in [-0.3, -0.25) is 13.6 Å². The number of rotatable bonds is 16. The zero-order valence-electron chi connectivity index (χ0n) is 60.3. The fourth-order valence-electron chi connectivity index (χ4n) is 12.6. The predicted octanol–water partition coefficient (Wildman–Crippen LogP) is 17.1. The number of benzene rings is 14. The number of carbonyl (C=O) groups is 1. The fourth-order valence-corrected chi connectivity index (χ4v) is 22.6. The molecule has 0 saturated carbocycles. The van der Waals surface area contributed by atoms with Crippen LogP contribution in [0.3, 0.4) is 0 Å². The molecule has 14 aromatic carbocycles. The third-order valence-corrected chi connectivity index (χ3v) is 28.5. The Morgan fingerprint density at radius 3 is 0.807 bits per heavy atom. The number of hydrogen-bond acceptors (Lipinski definition) is 5. The van der Waals surface area contributed by atoms with Gasteiger partial charge in [0.1, 0.15) is 0 Å². The predicted molar refractivity (Wildman–Crippen MR) is 464 cm³/mol. The van der Waals surface area contributed by atoms with Crippen LogP contribution in [0.2, 0.25) is 0 Å². The van der Waals surface area contributed by atoms with Crippen molar-refractivity contribution in [3.63, 3.8) is 0 Å². The third kappa shape index (κ3) is 21.3. The van der Waals surface area contributed by atoms with E-state index in [1.165, 1.54) is 63.7 Å². The van der Waals surface area contributed by atoms with Crippen LogP contribution in [0.4, 0.5) is 0 Å². The van der Waals surface area contributed by atoms with Gasteiger partial charge in [-0.2, -0.15) is 0 Å². The van der Waals surface area contributed by atoms with Gasteiger partial charge in [-0.05, 0) is 113 Å². The summed E-state index contributed by atoms with van der Waals surface area (Å²) in [5, 5.41) is 17.6. The summed E-state index contributed by atoms with van der Waals surface area (Å²) >= 11 is 0. The second-order valence-corrected chi connectivity index (χ2v) is 35.2. The smallest absolute Gasteiger partial charge is 0.254 e. The van der Waals surface area contributed by atoms with Gasteiger partial charge in [0.05, 0.1) is 34.4 Å². The number of ether oxygens (including phenoxy) is 1. The van der Waals surface area contributed by atoms with E-state index in [2.05, 4.69) is 374 Å². The van der Waals surface area contributed by atoms with Crippen LogP contribution in [-0.2, 0) is 36.0 Å². The molecule has 16 aromatic rings. The summed E-state index contributed by atoms with van der Waals surface area (Å²) in [7, 11) is -2.98. The minimum Gasteiger partial charge on any atom is -0.378 e. The van der Waals surface area contributed by atoms with Gasteiger partial charge in [0.25, 0.3) is 5.91 Å². The molecule has 0 bridgehead atoms. The Hall–Kier alpha value is -10.3. The largest absolute Gasteiger partial charge is 0.378 e. The zero-order valence-corrected chi connectivity index (χ0v) is 66.3. The molecule has 1 aliphatic rings. The second kappa shape index (κ2) is 41.3. The molecule has 1 amide bonds. The molecule has 2 aromatic heterocycles. The van der Waals surface area contributed by atoms with E-state index in [9.17, 15) is 9.00 Å². The summed E-state index contributed by atoms with van der Waals surface area (Å²) in [5.41, 5.74) is 3.27. The van der Waals surface area contributed by atoms with Crippen LogP contribution in [0.5, 0.6) is 0 Å². The number of fused-ring (bicyclic) bond motifs is 1. The molecule has 540 valence electrons. The molecule has 1 fully saturated rings. The zero-order chi connectivity index (χ0) is 73.7. The third-order valence-electron chi connectivity index (χ3n) is 17.8. The maximum absolute atomic E-state index is 13.0. The van der Waals surface area contributed by atoms with Crippen molar-refractivity contribution in [3.05, 3.63) is 437 Å². The second-order valence-electron chi connectivity index (χ2n) is 25.0. The quantitative estimate of drug-likeness (QED) is 0.0712. The minimum absolute atomic E-state index is 0. The Labute approximate surface area is 662 Å². The molecule has 1 atom stereocenters. The van der Waals surface area contributed by atoms with Crippen LogP contribution in [0.25, 0.3) is 28.0 Å². The van der Waals surface area contributed by atoms with E-state index in [0.717, 1.165) is 22.0 Å². The number of nitrogens with zero attached hydrogens (tertiary/aromatic N) is 4. The topological polar surface area (TPSA) is 77.3 Å². The first-order valence-electron chi connectivity index (χ1n) is 36.0. The SMILES string of the molecule is CS(=O)c1cn(-c2ncc(-c3ccccc3)cn2)c2cc(C(=O)N3CCOCC3)ccc12.[Pd].c1ccc(P(c2ccccc2)c2ccccc2)cc1.c1ccc(P(c2ccccc2)c2ccccc2)cc1.c1ccc(P(c2ccccc2)c2ccccc2)cc1.c1ccc(P(c2ccccc2)c2ccccc2)cc1. The van der Waals surface area contributed by atoms with Crippen molar-refractivity contribution in [2.75, 3.05) is 32.6 Å². The maximum atomic E-state index is 13.0. The summed E-state index contributed by atoms with van der Waals surface area (Å²) in [4.78, 5) is 24.6. The van der Waals surface area contributed by atoms with E-state index in [4.69, 9.17) is 4.74 Å². The number of amides is 1. The number of carbonyl (C=O) groups excluding carboxylic acids is 1. The Balaban J connectivity index is 0.000000129. The Kier molecular flexibility index (Phi) is 29.6. The van der Waals surface area contributed by atoms with Gasteiger partial charge in [-0.1, -0.05) is 400 Å². The molecule has 3 heterocycles. The minimum atomic E-state index is -1.20. The molecular weight excluding hydrogens is 1520 g/mol. The van der Waals surface area contributed by atoms with Crippen molar-refractivity contribution in [3.8, 4) is 17.1 Å². The van der Waals surface area contributed by atoms with Crippen molar-refractivity contribution >= 4 is 123 Å². The first-order chi connectivity index (χ1) is 53.4. The van der Waals surface area contributed by atoms with Gasteiger partial charge in [0, 0.05) is 74.9 Å². The Morgan fingerprint density at radius 2 is 0.569 bits per heavy atom. The summed E-state index contributed by atoms with van der Waals surface area (Å²) in [6, 6.07) is 145. The molecule has 0 aliphatic carbocycles. The Bertz CT molecular complexity index is 4490. The summed E-state index contributed by atoms with van der Waals surface area (Å²) in [6.45, 7) is 2.24. The number of aromatic nitrogens is 3. The van der Waals surface area contributed by atoms with Crippen molar-refractivity contribution in [2.24, 2.45) is 0 Å². The summed E-state index contributed by atoms with van der Waals surface area (Å²) in [5.74, 6) is 0.421. The van der Waals surface area contributed by atoms with E-state index in [-0.39, 0.29) is 26.3 Å². The molecule has 7 nitrogen and oxygen atoms in total. The molecule has 0 N–H and O–H groups in total. The summed E-state index contributed by atoms with van der Waals surface area (Å²) < 4.78 is 19.5. The van der Waals surface area contributed by atoms with Gasteiger partial charge < -0.3 is 9.64 Å². The van der Waals surface area contributed by atoms with Gasteiger partial charge in [0.2, 0.25) is 5.95 Å². The fraction of sp³-hybridized carbons (Fsp3) is 0.0521. The molecule has 1 saturated heterocycles. The monoisotopic (exact) mass is 1600 g/mol. The van der Waals surface area contributed by atoms with Gasteiger partial charge in [-0.25, -0.2) is 9.97 Å². The van der Waals surface area contributed by atoms with Crippen LogP contribution in [-0.4, -0.2) is 62.1 Å². The van der Waals surface area contributed by atoms with Gasteiger partial charge in [0.15, 0.2) is 0 Å². The van der Waals surface area contributed by atoms with Crippen LogP contribution in [0, 0.1) is 0 Å². The van der Waals surface area contributed by atoms with Crippen LogP contribution in [0.1, 0.15) is 10.4 Å². The summed E-state index contributed by atoms with van der Waals surface area (Å²) in [6.07, 6.45) is 6.98. The molecule has 17 rings (SSSR count). The average Bonchev–Trinajstić information content (AvgIpc) is 1.62. The molecule has 1 unspecified atom stereocenters. The van der Waals surface area contributed by atoms with Crippen molar-refractivity contribution < 1.29 is 34.2 Å². The standard InChI is InChI=1S/C24H22N4O3S.4C18H15P.Pd/c1-32(30)22-16-28(24-25-14-19(15-26-24)17-5-3-2-4-6-17)21-13-18(7-8-20(21)22)23(29)27-9-11-31-12-10-27;4*1-4-10-16(11-5-1)19(17-12-6-2-7-13-17)18-14-8-3-9-15-18;/h2-8,13-16H,9-12H2,1H3;4*1-15H;. The van der Waals surface area contributed by atoms with E-state index >= 15 is 0 Å². The van der Waals surface area contributed by atoms with E-state index in [1.54, 1.807) is 40.4 Å². The normalized spacial score (nSPS) is 11.8.